The summed E-state index contributed by atoms with van der Waals surface area (Å²) < 4.78 is 12.1. The van der Waals surface area contributed by atoms with Crippen LogP contribution in [0.1, 0.15) is 30.5 Å². The van der Waals surface area contributed by atoms with Crippen LogP contribution < -0.4 is 10.1 Å². The molecule has 0 bridgehead atoms. The summed E-state index contributed by atoms with van der Waals surface area (Å²) in [5.74, 6) is 1.43. The summed E-state index contributed by atoms with van der Waals surface area (Å²) in [6.07, 6.45) is 1.17. The molecular formula is C25H30N4O3. The zero-order chi connectivity index (χ0) is 22.9. The van der Waals surface area contributed by atoms with Crippen molar-refractivity contribution in [1.29, 1.82) is 0 Å². The molecule has 32 heavy (non-hydrogen) atoms. The number of amides is 1. The number of carbonyl (C=O) groups is 1. The highest BCUT2D eigenvalue weighted by Gasteiger charge is 2.38. The van der Waals surface area contributed by atoms with E-state index in [2.05, 4.69) is 30.3 Å². The van der Waals surface area contributed by atoms with E-state index in [0.717, 1.165) is 28.4 Å². The zero-order valence-corrected chi connectivity index (χ0v) is 19.3. The molecule has 1 amide bonds. The molecule has 0 saturated carbocycles. The Morgan fingerprint density at radius 2 is 1.84 bits per heavy atom. The summed E-state index contributed by atoms with van der Waals surface area (Å²) in [4.78, 5) is 14.6. The maximum Gasteiger partial charge on any atom is 0.272 e. The molecule has 4 rings (SSSR count). The normalized spacial score (nSPS) is 18.2. The lowest BCUT2D eigenvalue weighted by Gasteiger charge is -2.33. The highest BCUT2D eigenvalue weighted by molar-refractivity contribution is 6.02. The van der Waals surface area contributed by atoms with Crippen LogP contribution in [0.2, 0.25) is 0 Å². The number of hydrazone groups is 1. The lowest BCUT2D eigenvalue weighted by atomic mass is 10.1. The molecule has 1 atom stereocenters. The molecule has 1 N–H and O–H groups in total. The minimum atomic E-state index is -0.516. The van der Waals surface area contributed by atoms with E-state index in [4.69, 9.17) is 9.47 Å². The predicted octanol–water partition coefficient (Wildman–Crippen LogP) is 3.38. The number of fused-ring (bicyclic) bond motifs is 1. The van der Waals surface area contributed by atoms with Crippen LogP contribution >= 0.6 is 0 Å². The van der Waals surface area contributed by atoms with E-state index in [1.54, 1.807) is 6.08 Å². The molecule has 2 aliphatic heterocycles. The smallest absolute Gasteiger partial charge is 0.272 e. The number of ether oxygens (including phenoxy) is 2. The summed E-state index contributed by atoms with van der Waals surface area (Å²) in [6.45, 7) is 8.78. The Kier molecular flexibility index (Phi) is 5.93. The monoisotopic (exact) mass is 434 g/mol. The Morgan fingerprint density at radius 1 is 1.09 bits per heavy atom. The fraction of sp³-hybridized carbons (Fsp3) is 0.360. The number of nitrogens with one attached hydrogen (secondary N) is 1. The zero-order valence-electron chi connectivity index (χ0n) is 19.3. The Labute approximate surface area is 189 Å². The number of rotatable bonds is 7. The van der Waals surface area contributed by atoms with E-state index in [-0.39, 0.29) is 18.8 Å². The van der Waals surface area contributed by atoms with Gasteiger partial charge in [0.05, 0.1) is 13.2 Å². The third-order valence-corrected chi connectivity index (χ3v) is 5.65. The van der Waals surface area contributed by atoms with Crippen molar-refractivity contribution in [2.75, 3.05) is 20.3 Å². The van der Waals surface area contributed by atoms with Gasteiger partial charge in [0, 0.05) is 24.4 Å². The fourth-order valence-corrected chi connectivity index (χ4v) is 3.76. The number of carbonyl (C=O) groups excluding carboxylic acids is 1. The van der Waals surface area contributed by atoms with Crippen LogP contribution in [-0.2, 0) is 9.53 Å². The fourth-order valence-electron chi connectivity index (χ4n) is 3.76. The van der Waals surface area contributed by atoms with E-state index in [1.807, 2.05) is 68.3 Å². The van der Waals surface area contributed by atoms with Gasteiger partial charge in [0.15, 0.2) is 5.84 Å². The first-order valence-electron chi connectivity index (χ1n) is 10.8. The van der Waals surface area contributed by atoms with Gasteiger partial charge in [-0.15, -0.1) is 5.10 Å². The van der Waals surface area contributed by atoms with Gasteiger partial charge in [0.1, 0.15) is 11.4 Å². The molecule has 168 valence electrons. The van der Waals surface area contributed by atoms with E-state index < -0.39 is 5.60 Å². The van der Waals surface area contributed by atoms with Crippen LogP contribution in [0.5, 0.6) is 5.75 Å². The third kappa shape index (κ3) is 4.48. The van der Waals surface area contributed by atoms with Crippen LogP contribution in [0.4, 0.5) is 0 Å². The minimum absolute atomic E-state index is 0.170. The van der Waals surface area contributed by atoms with Gasteiger partial charge in [0.2, 0.25) is 6.29 Å². The second kappa shape index (κ2) is 8.67. The minimum Gasteiger partial charge on any atom is -0.485 e. The van der Waals surface area contributed by atoms with Crippen LogP contribution in [0.25, 0.3) is 0 Å². The summed E-state index contributed by atoms with van der Waals surface area (Å²) >= 11 is 0. The second-order valence-electron chi connectivity index (χ2n) is 8.82. The first kappa shape index (κ1) is 21.9. The number of benzene rings is 2. The van der Waals surface area contributed by atoms with E-state index in [0.29, 0.717) is 6.61 Å². The summed E-state index contributed by atoms with van der Waals surface area (Å²) in [5, 5.41) is 9.33. The number of nitrogens with zero attached hydrogens (tertiary/aromatic N) is 3. The molecule has 2 aromatic rings. The molecule has 0 aromatic heterocycles. The van der Waals surface area contributed by atoms with Crippen LogP contribution in [0.3, 0.4) is 0 Å². The first-order chi connectivity index (χ1) is 15.2. The van der Waals surface area contributed by atoms with Crippen molar-refractivity contribution in [2.45, 2.75) is 39.6 Å². The standard InChI is InChI=1S/C25H30N4O3/c1-17-10-9-13-21(18(17)2)32-25(3,4)16-31-15-20-14-22(30)29-24(26-20)28(5)23(27-29)19-11-7-6-8-12-19/h6-14,24,26H,15-16H2,1-5H3. The molecule has 0 fully saturated rings. The third-order valence-electron chi connectivity index (χ3n) is 5.65. The molecule has 0 spiro atoms. The van der Waals surface area contributed by atoms with E-state index >= 15 is 0 Å². The molecule has 7 heteroatoms. The molecule has 0 aliphatic carbocycles. The Bertz CT molecular complexity index is 1060. The van der Waals surface area contributed by atoms with Crippen molar-refractivity contribution in [3.63, 3.8) is 0 Å². The summed E-state index contributed by atoms with van der Waals surface area (Å²) in [6, 6.07) is 15.9. The molecule has 2 heterocycles. The van der Waals surface area contributed by atoms with E-state index in [1.165, 1.54) is 10.6 Å². The van der Waals surface area contributed by atoms with E-state index in [9.17, 15) is 4.79 Å². The molecule has 2 aromatic carbocycles. The lowest BCUT2D eigenvalue weighted by molar-refractivity contribution is -0.131. The van der Waals surface area contributed by atoms with Gasteiger partial charge in [-0.3, -0.25) is 4.79 Å². The van der Waals surface area contributed by atoms with Gasteiger partial charge in [-0.2, -0.15) is 5.01 Å². The van der Waals surface area contributed by atoms with Gasteiger partial charge in [0.25, 0.3) is 5.91 Å². The van der Waals surface area contributed by atoms with Crippen molar-refractivity contribution in [1.82, 2.24) is 15.2 Å². The molecule has 0 radical (unpaired) electrons. The highest BCUT2D eigenvalue weighted by Crippen LogP contribution is 2.26. The van der Waals surface area contributed by atoms with Gasteiger partial charge in [-0.1, -0.05) is 42.5 Å². The second-order valence-corrected chi connectivity index (χ2v) is 8.82. The van der Waals surface area contributed by atoms with Crippen molar-refractivity contribution < 1.29 is 14.3 Å². The Balaban J connectivity index is 1.35. The molecule has 7 nitrogen and oxygen atoms in total. The first-order valence-corrected chi connectivity index (χ1v) is 10.8. The maximum atomic E-state index is 12.7. The topological polar surface area (TPSA) is 66.4 Å². The van der Waals surface area contributed by atoms with Crippen LogP contribution in [0, 0.1) is 13.8 Å². The van der Waals surface area contributed by atoms with Crippen molar-refractivity contribution >= 4 is 11.7 Å². The average Bonchev–Trinajstić information content (AvgIpc) is 3.09. The van der Waals surface area contributed by atoms with Gasteiger partial charge in [-0.25, -0.2) is 0 Å². The molecule has 2 aliphatic rings. The Morgan fingerprint density at radius 3 is 2.59 bits per heavy atom. The summed E-state index contributed by atoms with van der Waals surface area (Å²) in [7, 11) is 1.92. The van der Waals surface area contributed by atoms with Gasteiger partial charge >= 0.3 is 0 Å². The largest absolute Gasteiger partial charge is 0.485 e. The Hall–Kier alpha value is -3.32. The highest BCUT2D eigenvalue weighted by atomic mass is 16.5. The van der Waals surface area contributed by atoms with Crippen molar-refractivity contribution in [3.05, 3.63) is 77.0 Å². The summed E-state index contributed by atoms with van der Waals surface area (Å²) in [5.41, 5.74) is 3.48. The quantitative estimate of drug-likeness (QED) is 0.724. The maximum absolute atomic E-state index is 12.7. The number of hydrogen-bond acceptors (Lipinski definition) is 6. The molecular weight excluding hydrogens is 404 g/mol. The van der Waals surface area contributed by atoms with Gasteiger partial charge in [-0.05, 0) is 44.9 Å². The lowest BCUT2D eigenvalue weighted by Crippen LogP contribution is -2.54. The number of hydrogen-bond donors (Lipinski definition) is 1. The SMILES string of the molecule is Cc1cccc(OC(C)(C)COCC2=CC(=O)N3N=C(c4ccccc4)N(C)C3N2)c1C. The molecule has 0 saturated heterocycles. The van der Waals surface area contributed by atoms with Crippen molar-refractivity contribution in [2.24, 2.45) is 5.10 Å². The van der Waals surface area contributed by atoms with Crippen molar-refractivity contribution in [3.8, 4) is 5.75 Å². The van der Waals surface area contributed by atoms with Crippen LogP contribution in [-0.4, -0.2) is 53.8 Å². The average molecular weight is 435 g/mol. The number of amidine groups is 1. The van der Waals surface area contributed by atoms with Crippen LogP contribution in [0.15, 0.2) is 65.4 Å². The predicted molar refractivity (Wildman–Crippen MR) is 124 cm³/mol. The van der Waals surface area contributed by atoms with Gasteiger partial charge < -0.3 is 19.7 Å². The number of aryl methyl sites for hydroxylation is 1. The molecule has 1 unspecified atom stereocenters.